The van der Waals surface area contributed by atoms with E-state index in [0.717, 1.165) is 43.4 Å². The molecule has 2 fully saturated rings. The van der Waals surface area contributed by atoms with Gasteiger partial charge in [0, 0.05) is 0 Å². The fourth-order valence-corrected chi connectivity index (χ4v) is 4.82. The van der Waals surface area contributed by atoms with E-state index in [0.29, 0.717) is 5.56 Å². The lowest BCUT2D eigenvalue weighted by Crippen LogP contribution is -2.25. The van der Waals surface area contributed by atoms with Gasteiger partial charge in [-0.3, -0.25) is 0 Å². The molecule has 0 saturated heterocycles. The molecular weight excluding hydrogens is 309 g/mol. The van der Waals surface area contributed by atoms with Crippen LogP contribution in [0.25, 0.3) is 0 Å². The van der Waals surface area contributed by atoms with E-state index in [4.69, 9.17) is 0 Å². The second kappa shape index (κ2) is 7.76. The maximum atomic E-state index is 13.4. The van der Waals surface area contributed by atoms with E-state index < -0.39 is 17.5 Å². The highest BCUT2D eigenvalue weighted by atomic mass is 19.2. The maximum absolute atomic E-state index is 13.4. The van der Waals surface area contributed by atoms with Gasteiger partial charge in [0.1, 0.15) is 0 Å². The van der Waals surface area contributed by atoms with Gasteiger partial charge in [-0.1, -0.05) is 12.2 Å². The van der Waals surface area contributed by atoms with E-state index in [1.807, 2.05) is 0 Å². The highest BCUT2D eigenvalue weighted by molar-refractivity contribution is 5.23. The highest BCUT2D eigenvalue weighted by Gasteiger charge is 2.31. The first-order valence-electron chi connectivity index (χ1n) is 9.35. The van der Waals surface area contributed by atoms with Crippen LogP contribution < -0.4 is 0 Å². The van der Waals surface area contributed by atoms with Crippen LogP contribution >= 0.6 is 0 Å². The quantitative estimate of drug-likeness (QED) is 0.422. The van der Waals surface area contributed by atoms with Gasteiger partial charge in [0.15, 0.2) is 17.5 Å². The monoisotopic (exact) mass is 336 g/mol. The predicted octanol–water partition coefficient (Wildman–Crippen LogP) is 6.76. The van der Waals surface area contributed by atoms with Crippen molar-refractivity contribution >= 4 is 0 Å². The summed E-state index contributed by atoms with van der Waals surface area (Å²) in [6, 6.07) is 2.37. The van der Waals surface area contributed by atoms with Crippen LogP contribution in [0.5, 0.6) is 0 Å². The molecule has 0 atom stereocenters. The van der Waals surface area contributed by atoms with Crippen molar-refractivity contribution in [1.82, 2.24) is 0 Å². The van der Waals surface area contributed by atoms with E-state index in [1.165, 1.54) is 37.8 Å². The fourth-order valence-electron chi connectivity index (χ4n) is 4.82. The van der Waals surface area contributed by atoms with Crippen LogP contribution in [0, 0.1) is 35.2 Å². The fraction of sp³-hybridized carbons (Fsp3) is 0.619. The Hall–Kier alpha value is -1.25. The van der Waals surface area contributed by atoms with Gasteiger partial charge in [0.2, 0.25) is 0 Å². The second-order valence-electron chi connectivity index (χ2n) is 7.61. The van der Waals surface area contributed by atoms with Gasteiger partial charge in [-0.15, -0.1) is 0 Å². The molecule has 0 spiro atoms. The Labute approximate surface area is 143 Å². The van der Waals surface area contributed by atoms with Gasteiger partial charge in [0.05, 0.1) is 0 Å². The molecule has 0 radical (unpaired) electrons. The minimum Gasteiger partial charge on any atom is -0.204 e. The molecule has 0 amide bonds. The van der Waals surface area contributed by atoms with E-state index >= 15 is 0 Å². The van der Waals surface area contributed by atoms with Gasteiger partial charge in [-0.2, -0.15) is 0 Å². The van der Waals surface area contributed by atoms with Crippen molar-refractivity contribution in [2.75, 3.05) is 0 Å². The Bertz CT molecular complexity index is 554. The molecule has 0 bridgehead atoms. The molecule has 0 nitrogen and oxygen atoms in total. The molecule has 132 valence electrons. The van der Waals surface area contributed by atoms with Crippen molar-refractivity contribution in [2.24, 2.45) is 17.8 Å². The van der Waals surface area contributed by atoms with Crippen molar-refractivity contribution in [3.63, 3.8) is 0 Å². The van der Waals surface area contributed by atoms with Crippen molar-refractivity contribution in [3.8, 4) is 0 Å². The van der Waals surface area contributed by atoms with E-state index in [-0.39, 0.29) is 5.92 Å². The van der Waals surface area contributed by atoms with E-state index in [2.05, 4.69) is 19.1 Å². The van der Waals surface area contributed by atoms with Crippen LogP contribution in [-0.2, 0) is 0 Å². The molecule has 0 aromatic heterocycles. The molecular formula is C21H27F3. The van der Waals surface area contributed by atoms with Crippen molar-refractivity contribution in [1.29, 1.82) is 0 Å². The topological polar surface area (TPSA) is 0 Å². The number of hydrogen-bond acceptors (Lipinski definition) is 0. The van der Waals surface area contributed by atoms with Crippen molar-refractivity contribution in [2.45, 2.75) is 64.2 Å². The largest absolute Gasteiger partial charge is 0.204 e. The summed E-state index contributed by atoms with van der Waals surface area (Å²) in [7, 11) is 0. The zero-order valence-electron chi connectivity index (χ0n) is 14.4. The number of hydrogen-bond donors (Lipinski definition) is 0. The lowest BCUT2D eigenvalue weighted by atomic mass is 9.68. The zero-order valence-corrected chi connectivity index (χ0v) is 14.4. The number of benzene rings is 1. The summed E-state index contributed by atoms with van der Waals surface area (Å²) in [5, 5.41) is 0. The predicted molar refractivity (Wildman–Crippen MR) is 91.3 cm³/mol. The summed E-state index contributed by atoms with van der Waals surface area (Å²) >= 11 is 0. The standard InChI is InChI=1S/C21H27F3/c1-2-3-14-4-6-15(7-5-14)16-8-10-17(11-9-16)18-12-19(22)21(24)20(23)13-18/h2-3,12-17H,4-11H2,1H3/b3-2+. The molecule has 2 aliphatic rings. The van der Waals surface area contributed by atoms with Crippen LogP contribution in [0.3, 0.4) is 0 Å². The Morgan fingerprint density at radius 2 is 1.29 bits per heavy atom. The first-order valence-corrected chi connectivity index (χ1v) is 9.35. The Balaban J connectivity index is 1.55. The zero-order chi connectivity index (χ0) is 17.1. The summed E-state index contributed by atoms with van der Waals surface area (Å²) < 4.78 is 40.0. The summed E-state index contributed by atoms with van der Waals surface area (Å²) in [4.78, 5) is 0. The smallest absolute Gasteiger partial charge is 0.194 e. The van der Waals surface area contributed by atoms with Gasteiger partial charge in [-0.05, 0) is 99.7 Å². The third-order valence-electron chi connectivity index (χ3n) is 6.20. The van der Waals surface area contributed by atoms with E-state index in [1.54, 1.807) is 0 Å². The number of halogens is 3. The molecule has 0 unspecified atom stereocenters. The Morgan fingerprint density at radius 3 is 1.79 bits per heavy atom. The van der Waals surface area contributed by atoms with Crippen LogP contribution in [-0.4, -0.2) is 0 Å². The van der Waals surface area contributed by atoms with Crippen LogP contribution in [0.4, 0.5) is 13.2 Å². The minimum absolute atomic E-state index is 0.171. The second-order valence-corrected chi connectivity index (χ2v) is 7.61. The third-order valence-corrected chi connectivity index (χ3v) is 6.20. The molecule has 0 aliphatic heterocycles. The molecule has 3 rings (SSSR count). The molecule has 3 heteroatoms. The molecule has 1 aromatic carbocycles. The molecule has 24 heavy (non-hydrogen) atoms. The average molecular weight is 336 g/mol. The first kappa shape index (κ1) is 17.6. The van der Waals surface area contributed by atoms with Crippen LogP contribution in [0.2, 0.25) is 0 Å². The minimum atomic E-state index is -1.36. The Morgan fingerprint density at radius 1 is 0.792 bits per heavy atom. The van der Waals surface area contributed by atoms with Gasteiger partial charge in [0.25, 0.3) is 0 Å². The molecule has 2 aliphatic carbocycles. The Kier molecular flexibility index (Phi) is 5.68. The lowest BCUT2D eigenvalue weighted by Gasteiger charge is -2.37. The van der Waals surface area contributed by atoms with E-state index in [9.17, 15) is 13.2 Å². The first-order chi connectivity index (χ1) is 11.6. The van der Waals surface area contributed by atoms with Crippen molar-refractivity contribution < 1.29 is 13.2 Å². The molecule has 1 aromatic rings. The van der Waals surface area contributed by atoms with Crippen LogP contribution in [0.1, 0.15) is 69.8 Å². The third kappa shape index (κ3) is 3.87. The van der Waals surface area contributed by atoms with Gasteiger partial charge >= 0.3 is 0 Å². The summed E-state index contributed by atoms with van der Waals surface area (Å²) in [5.41, 5.74) is 0.627. The van der Waals surface area contributed by atoms with Crippen LogP contribution in [0.15, 0.2) is 24.3 Å². The summed E-state index contributed by atoms with van der Waals surface area (Å²) in [5.74, 6) is -0.982. The SMILES string of the molecule is C/C=C/C1CCC(C2CCC(c3cc(F)c(F)c(F)c3)CC2)CC1. The molecule has 0 heterocycles. The maximum Gasteiger partial charge on any atom is 0.194 e. The molecule has 0 N–H and O–H groups in total. The summed E-state index contributed by atoms with van der Waals surface area (Å²) in [6.45, 7) is 2.09. The number of allylic oxidation sites excluding steroid dienone is 2. The lowest BCUT2D eigenvalue weighted by molar-refractivity contribution is 0.171. The number of rotatable bonds is 3. The normalized spacial score (nSPS) is 31.5. The molecule has 2 saturated carbocycles. The highest BCUT2D eigenvalue weighted by Crippen LogP contribution is 2.44. The summed E-state index contributed by atoms with van der Waals surface area (Å²) in [6.07, 6.45) is 13.9. The van der Waals surface area contributed by atoms with Gasteiger partial charge in [-0.25, -0.2) is 13.2 Å². The van der Waals surface area contributed by atoms with Gasteiger partial charge < -0.3 is 0 Å². The van der Waals surface area contributed by atoms with Crippen molar-refractivity contribution in [3.05, 3.63) is 47.3 Å². The average Bonchev–Trinajstić information content (AvgIpc) is 2.60.